The van der Waals surface area contributed by atoms with Gasteiger partial charge in [-0.3, -0.25) is 4.79 Å². The summed E-state index contributed by atoms with van der Waals surface area (Å²) < 4.78 is 11.0. The molecule has 0 fully saturated rings. The number of hydrogen-bond donors (Lipinski definition) is 2. The molecular weight excluding hydrogens is 304 g/mol. The van der Waals surface area contributed by atoms with E-state index in [1.807, 2.05) is 45.9 Å². The van der Waals surface area contributed by atoms with E-state index in [0.717, 1.165) is 17.6 Å². The number of hydrogen-bond acceptors (Lipinski definition) is 4. The Hall–Kier alpha value is -2.01. The zero-order chi connectivity index (χ0) is 18.1. The highest BCUT2D eigenvalue weighted by atomic mass is 16.5. The molecule has 2 atom stereocenters. The maximum absolute atomic E-state index is 12.1. The van der Waals surface area contributed by atoms with Crippen LogP contribution < -0.4 is 20.1 Å². The van der Waals surface area contributed by atoms with E-state index in [4.69, 9.17) is 9.47 Å². The lowest BCUT2D eigenvalue weighted by Gasteiger charge is -2.18. The average molecular weight is 334 g/mol. The summed E-state index contributed by atoms with van der Waals surface area (Å²) in [6.45, 7) is 12.7. The molecule has 1 amide bonds. The predicted octanol–water partition coefficient (Wildman–Crippen LogP) is 3.04. The second-order valence-corrected chi connectivity index (χ2v) is 6.15. The van der Waals surface area contributed by atoms with Gasteiger partial charge in [-0.15, -0.1) is 0 Å². The third-order valence-electron chi connectivity index (χ3n) is 3.71. The van der Waals surface area contributed by atoms with E-state index in [1.54, 1.807) is 7.11 Å². The van der Waals surface area contributed by atoms with E-state index in [1.165, 1.54) is 0 Å². The van der Waals surface area contributed by atoms with Crippen molar-refractivity contribution >= 4 is 5.91 Å². The smallest absolute Gasteiger partial charge is 0.237 e. The van der Waals surface area contributed by atoms with Gasteiger partial charge in [0, 0.05) is 12.6 Å². The molecule has 0 spiro atoms. The van der Waals surface area contributed by atoms with Gasteiger partial charge >= 0.3 is 0 Å². The van der Waals surface area contributed by atoms with Gasteiger partial charge < -0.3 is 20.1 Å². The minimum absolute atomic E-state index is 0.0108. The Morgan fingerprint density at radius 3 is 2.58 bits per heavy atom. The quantitative estimate of drug-likeness (QED) is 0.646. The number of rotatable bonds is 10. The lowest BCUT2D eigenvalue weighted by molar-refractivity contribution is -0.123. The van der Waals surface area contributed by atoms with Crippen molar-refractivity contribution < 1.29 is 14.3 Å². The van der Waals surface area contributed by atoms with Crippen molar-refractivity contribution in [3.63, 3.8) is 0 Å². The lowest BCUT2D eigenvalue weighted by atomic mass is 10.1. The molecule has 5 heteroatoms. The second-order valence-electron chi connectivity index (χ2n) is 6.15. The summed E-state index contributed by atoms with van der Waals surface area (Å²) in [5.41, 5.74) is 1.96. The molecule has 0 aromatic heterocycles. The standard InChI is InChI=1S/C19H30N2O3/c1-7-14(4)21-19(22)15(5)20-11-16-8-9-17(23-6)18(10-16)24-12-13(2)3/h8-10,14-15,20H,2,7,11-12H2,1,3-6H3,(H,21,22). The van der Waals surface area contributed by atoms with Crippen LogP contribution in [-0.4, -0.2) is 31.7 Å². The second kappa shape index (κ2) is 9.98. The summed E-state index contributed by atoms with van der Waals surface area (Å²) >= 11 is 0. The summed E-state index contributed by atoms with van der Waals surface area (Å²) in [6.07, 6.45) is 0.917. The number of benzene rings is 1. The monoisotopic (exact) mass is 334 g/mol. The molecule has 0 saturated carbocycles. The fourth-order valence-corrected chi connectivity index (χ4v) is 1.98. The van der Waals surface area contributed by atoms with Crippen molar-refractivity contribution in [2.75, 3.05) is 13.7 Å². The summed E-state index contributed by atoms with van der Waals surface area (Å²) in [4.78, 5) is 12.1. The Morgan fingerprint density at radius 1 is 1.29 bits per heavy atom. The van der Waals surface area contributed by atoms with Crippen LogP contribution in [0.4, 0.5) is 0 Å². The van der Waals surface area contributed by atoms with E-state index >= 15 is 0 Å². The number of ether oxygens (including phenoxy) is 2. The first kappa shape index (κ1) is 20.0. The molecule has 0 aliphatic rings. The Bertz CT molecular complexity index is 558. The summed E-state index contributed by atoms with van der Waals surface area (Å²) in [6, 6.07) is 5.67. The predicted molar refractivity (Wildman–Crippen MR) is 97.5 cm³/mol. The van der Waals surface area contributed by atoms with Crippen LogP contribution in [0.3, 0.4) is 0 Å². The van der Waals surface area contributed by atoms with Crippen molar-refractivity contribution in [3.8, 4) is 11.5 Å². The first-order valence-corrected chi connectivity index (χ1v) is 8.35. The van der Waals surface area contributed by atoms with Crippen LogP contribution in [0.1, 0.15) is 39.7 Å². The van der Waals surface area contributed by atoms with Crippen molar-refractivity contribution in [2.45, 2.75) is 52.7 Å². The minimum Gasteiger partial charge on any atom is -0.493 e. The maximum atomic E-state index is 12.1. The van der Waals surface area contributed by atoms with Gasteiger partial charge in [0.05, 0.1) is 13.2 Å². The van der Waals surface area contributed by atoms with Gasteiger partial charge in [0.1, 0.15) is 6.61 Å². The van der Waals surface area contributed by atoms with Crippen LogP contribution in [0, 0.1) is 0 Å². The van der Waals surface area contributed by atoms with Crippen molar-refractivity contribution in [1.82, 2.24) is 10.6 Å². The van der Waals surface area contributed by atoms with Crippen LogP contribution in [0.2, 0.25) is 0 Å². The molecule has 1 rings (SSSR count). The van der Waals surface area contributed by atoms with Gasteiger partial charge in [-0.2, -0.15) is 0 Å². The molecule has 0 saturated heterocycles. The molecule has 1 aromatic carbocycles. The van der Waals surface area contributed by atoms with Crippen molar-refractivity contribution in [1.29, 1.82) is 0 Å². The fraction of sp³-hybridized carbons (Fsp3) is 0.526. The van der Waals surface area contributed by atoms with Crippen LogP contribution in [-0.2, 0) is 11.3 Å². The third kappa shape index (κ3) is 6.62. The topological polar surface area (TPSA) is 59.6 Å². The van der Waals surface area contributed by atoms with Gasteiger partial charge in [-0.1, -0.05) is 19.6 Å². The molecular formula is C19H30N2O3. The molecule has 5 nitrogen and oxygen atoms in total. The van der Waals surface area contributed by atoms with E-state index in [0.29, 0.717) is 24.7 Å². The lowest BCUT2D eigenvalue weighted by Crippen LogP contribution is -2.45. The highest BCUT2D eigenvalue weighted by molar-refractivity contribution is 5.81. The Morgan fingerprint density at radius 2 is 2.00 bits per heavy atom. The first-order chi connectivity index (χ1) is 11.4. The van der Waals surface area contributed by atoms with Crippen molar-refractivity contribution in [3.05, 3.63) is 35.9 Å². The Kier molecular flexibility index (Phi) is 8.33. The van der Waals surface area contributed by atoms with E-state index < -0.39 is 0 Å². The molecule has 0 radical (unpaired) electrons. The van der Waals surface area contributed by atoms with Crippen LogP contribution in [0.25, 0.3) is 0 Å². The molecule has 0 heterocycles. The summed E-state index contributed by atoms with van der Waals surface area (Å²) in [7, 11) is 1.61. The molecule has 0 aliphatic carbocycles. The van der Waals surface area contributed by atoms with Gasteiger partial charge in [-0.05, 0) is 50.5 Å². The van der Waals surface area contributed by atoms with Crippen LogP contribution in [0.5, 0.6) is 11.5 Å². The maximum Gasteiger partial charge on any atom is 0.237 e. The first-order valence-electron chi connectivity index (χ1n) is 8.35. The van der Waals surface area contributed by atoms with Crippen molar-refractivity contribution in [2.24, 2.45) is 0 Å². The highest BCUT2D eigenvalue weighted by Crippen LogP contribution is 2.28. The molecule has 0 bridgehead atoms. The Labute approximate surface area is 145 Å². The molecule has 0 aliphatic heterocycles. The number of methoxy groups -OCH3 is 1. The summed E-state index contributed by atoms with van der Waals surface area (Å²) in [5, 5.41) is 6.20. The Balaban J connectivity index is 2.65. The van der Waals surface area contributed by atoms with Gasteiger partial charge in [0.2, 0.25) is 5.91 Å². The zero-order valence-corrected chi connectivity index (χ0v) is 15.4. The number of nitrogens with one attached hydrogen (secondary N) is 2. The minimum atomic E-state index is -0.263. The highest BCUT2D eigenvalue weighted by Gasteiger charge is 2.14. The average Bonchev–Trinajstić information content (AvgIpc) is 2.57. The number of carbonyl (C=O) groups excluding carboxylic acids is 1. The molecule has 2 unspecified atom stereocenters. The molecule has 2 N–H and O–H groups in total. The van der Waals surface area contributed by atoms with Gasteiger partial charge in [0.15, 0.2) is 11.5 Å². The SMILES string of the molecule is C=C(C)COc1cc(CNC(C)C(=O)NC(C)CC)ccc1OC. The number of carbonyl (C=O) groups is 1. The van der Waals surface area contributed by atoms with E-state index in [9.17, 15) is 4.79 Å². The fourth-order valence-electron chi connectivity index (χ4n) is 1.98. The van der Waals surface area contributed by atoms with Gasteiger partial charge in [0.25, 0.3) is 0 Å². The summed E-state index contributed by atoms with van der Waals surface area (Å²) in [5.74, 6) is 1.37. The molecule has 134 valence electrons. The number of amides is 1. The largest absolute Gasteiger partial charge is 0.493 e. The van der Waals surface area contributed by atoms with E-state index in [-0.39, 0.29) is 18.0 Å². The zero-order valence-electron chi connectivity index (χ0n) is 15.4. The normalized spacial score (nSPS) is 13.0. The van der Waals surface area contributed by atoms with Crippen LogP contribution >= 0.6 is 0 Å². The third-order valence-corrected chi connectivity index (χ3v) is 3.71. The molecule has 1 aromatic rings. The van der Waals surface area contributed by atoms with Gasteiger partial charge in [-0.25, -0.2) is 0 Å². The van der Waals surface area contributed by atoms with Crippen LogP contribution in [0.15, 0.2) is 30.4 Å². The van der Waals surface area contributed by atoms with E-state index in [2.05, 4.69) is 17.2 Å². The molecule has 24 heavy (non-hydrogen) atoms.